The van der Waals surface area contributed by atoms with Gasteiger partial charge in [0.1, 0.15) is 0 Å². The van der Waals surface area contributed by atoms with E-state index in [1.54, 1.807) is 5.01 Å². The Bertz CT molecular complexity index is 35.3. The van der Waals surface area contributed by atoms with E-state index in [0.717, 1.165) is 0 Å². The van der Waals surface area contributed by atoms with Crippen molar-refractivity contribution in [2.75, 3.05) is 0 Å². The van der Waals surface area contributed by atoms with Crippen LogP contribution in [0.5, 0.6) is 0 Å². The number of hydrogen-bond acceptors (Lipinski definition) is 0. The monoisotopic (exact) mass is 251 g/mol. The summed E-state index contributed by atoms with van der Waals surface area (Å²) in [5.41, 5.74) is 0. The van der Waals surface area contributed by atoms with Crippen LogP contribution >= 0.6 is 0 Å². The van der Waals surface area contributed by atoms with Crippen LogP contribution in [0.25, 0.3) is 0 Å². The largest absolute Gasteiger partial charge is 0 e. The van der Waals surface area contributed by atoms with Crippen molar-refractivity contribution in [3.8, 4) is 0 Å². The minimum atomic E-state index is 0. The second-order valence-electron chi connectivity index (χ2n) is 0.329. The molecule has 0 saturated heterocycles. The van der Waals surface area contributed by atoms with E-state index in [-0.39, 0.29) is 21.1 Å². The van der Waals surface area contributed by atoms with Crippen LogP contribution in [0.15, 0.2) is 0 Å². The fourth-order valence-corrected chi connectivity index (χ4v) is 0. The SMILES string of the molecule is [B]=B[B]=[Mo].[B]=[B].[Mo]. The van der Waals surface area contributed by atoms with Gasteiger partial charge in [0.15, 0.2) is 0 Å². The molecular formula is B5Mo2. The van der Waals surface area contributed by atoms with Gasteiger partial charge in [-0.25, -0.2) is 0 Å². The topological polar surface area (TPSA) is 0 Å². The van der Waals surface area contributed by atoms with E-state index in [0.29, 0.717) is 0 Å². The summed E-state index contributed by atoms with van der Waals surface area (Å²) in [6, 6.07) is 0. The average Bonchev–Trinajstić information content (AvgIpc) is 1.72. The molecule has 0 atom stereocenters. The van der Waals surface area contributed by atoms with Gasteiger partial charge in [0, 0.05) is 21.1 Å². The Labute approximate surface area is 73.6 Å². The molecule has 0 fully saturated rings. The molecule has 0 rings (SSSR count). The predicted molar refractivity (Wildman–Crippen MR) is 28.8 cm³/mol. The van der Waals surface area contributed by atoms with E-state index in [1.165, 1.54) is 6.69 Å². The van der Waals surface area contributed by atoms with Crippen molar-refractivity contribution >= 4 is 33.8 Å². The number of hydrogen-bond donors (Lipinski definition) is 0. The van der Waals surface area contributed by atoms with Gasteiger partial charge in [-0.2, -0.15) is 0 Å². The molecule has 0 aliphatic carbocycles. The number of rotatable bonds is 1. The maximum Gasteiger partial charge on any atom is 0 e. The Morgan fingerprint density at radius 3 is 1.43 bits per heavy atom. The van der Waals surface area contributed by atoms with E-state index in [2.05, 4.69) is 14.7 Å². The van der Waals surface area contributed by atoms with E-state index >= 15 is 0 Å². The average molecular weight is 246 g/mol. The molecule has 0 aliphatic rings. The summed E-state index contributed by atoms with van der Waals surface area (Å²) < 4.78 is 0. The van der Waals surface area contributed by atoms with Crippen LogP contribution in [0.4, 0.5) is 0 Å². The van der Waals surface area contributed by atoms with Gasteiger partial charge in [0.05, 0.1) is 0 Å². The molecule has 7 heavy (non-hydrogen) atoms. The summed E-state index contributed by atoms with van der Waals surface area (Å²) in [5, 5.41) is 1.79. The standard InChI is InChI=1S/B3.B2.2Mo/c1-3-2;1-2;;. The van der Waals surface area contributed by atoms with Crippen LogP contribution in [-0.2, 0) is 40.2 Å². The molecule has 0 unspecified atom stereocenters. The Balaban J connectivity index is -0.0000000480. The van der Waals surface area contributed by atoms with Crippen molar-refractivity contribution in [1.82, 2.24) is 0 Å². The third-order valence-electron chi connectivity index (χ3n) is 0.0786. The molecule has 0 N–H and O–H groups in total. The summed E-state index contributed by atoms with van der Waals surface area (Å²) in [5.74, 6) is 0. The first-order valence-corrected chi connectivity index (χ1v) is 2.39. The molecular weight excluding hydrogens is 246 g/mol. The normalized spacial score (nSPS) is 1.86. The van der Waals surface area contributed by atoms with Crippen molar-refractivity contribution in [1.29, 1.82) is 0 Å². The van der Waals surface area contributed by atoms with E-state index < -0.39 is 0 Å². The Morgan fingerprint density at radius 2 is 1.43 bits per heavy atom. The molecule has 27 valence electrons. The molecule has 0 saturated carbocycles. The molecule has 0 aliphatic heterocycles. The van der Waals surface area contributed by atoms with Gasteiger partial charge in [0.2, 0.25) is 0 Å². The Hall–Kier alpha value is 1.70. The summed E-state index contributed by atoms with van der Waals surface area (Å²) in [7, 11) is 12.8. The first kappa shape index (κ1) is 15.9. The summed E-state index contributed by atoms with van der Waals surface area (Å²) >= 11 is 1.82. The van der Waals surface area contributed by atoms with E-state index in [4.69, 9.17) is 7.37 Å². The third kappa shape index (κ3) is 34.3. The van der Waals surface area contributed by atoms with Crippen LogP contribution in [0.1, 0.15) is 0 Å². The zero-order valence-corrected chi connectivity index (χ0v) is 7.72. The quantitative estimate of drug-likeness (QED) is 0.474. The van der Waals surface area contributed by atoms with Crippen LogP contribution in [0, 0.1) is 0 Å². The van der Waals surface area contributed by atoms with Crippen molar-refractivity contribution in [3.05, 3.63) is 0 Å². The maximum atomic E-state index is 4.85. The van der Waals surface area contributed by atoms with Crippen molar-refractivity contribution in [3.63, 3.8) is 0 Å². The summed E-state index contributed by atoms with van der Waals surface area (Å²) in [6.45, 7) is 1.50. The molecule has 0 bridgehead atoms. The fourth-order valence-electron chi connectivity index (χ4n) is 0. The smallest absolute Gasteiger partial charge is 0 e. The van der Waals surface area contributed by atoms with Gasteiger partial charge < -0.3 is 0 Å². The molecule has 0 aromatic heterocycles. The van der Waals surface area contributed by atoms with Gasteiger partial charge in [-0.05, 0) is 0 Å². The minimum Gasteiger partial charge on any atom is 0 e. The first-order chi connectivity index (χ1) is 2.91. The molecule has 0 nitrogen and oxygen atoms in total. The van der Waals surface area contributed by atoms with Gasteiger partial charge >= 0.3 is 52.9 Å². The molecule has 7 heteroatoms. The van der Waals surface area contributed by atoms with Crippen molar-refractivity contribution in [2.45, 2.75) is 0 Å². The Kier molecular flexibility index (Phi) is 57.3. The van der Waals surface area contributed by atoms with Crippen molar-refractivity contribution < 1.29 is 40.2 Å². The van der Waals surface area contributed by atoms with Gasteiger partial charge in [-0.1, -0.05) is 0 Å². The van der Waals surface area contributed by atoms with Gasteiger partial charge in [-0.3, -0.25) is 0 Å². The van der Waals surface area contributed by atoms with Gasteiger partial charge in [-0.15, -0.1) is 0 Å². The van der Waals surface area contributed by atoms with Crippen LogP contribution in [-0.4, -0.2) is 33.8 Å². The van der Waals surface area contributed by atoms with E-state index in [9.17, 15) is 0 Å². The molecule has 0 amide bonds. The summed E-state index contributed by atoms with van der Waals surface area (Å²) in [4.78, 5) is 0. The van der Waals surface area contributed by atoms with E-state index in [1.807, 2.05) is 19.1 Å². The zero-order valence-electron chi connectivity index (χ0n) is 3.70. The molecule has 0 heterocycles. The fraction of sp³-hybridized carbons (Fsp3) is 0. The second-order valence-corrected chi connectivity index (χ2v) is 0.998. The predicted octanol–water partition coefficient (Wildman–Crippen LogP) is -1.91. The van der Waals surface area contributed by atoms with Crippen LogP contribution in [0.3, 0.4) is 0 Å². The molecule has 3 radical (unpaired) electrons. The Morgan fingerprint density at radius 1 is 1.29 bits per heavy atom. The van der Waals surface area contributed by atoms with Crippen molar-refractivity contribution in [2.24, 2.45) is 0 Å². The van der Waals surface area contributed by atoms with Gasteiger partial charge in [0.25, 0.3) is 0 Å². The third-order valence-corrected chi connectivity index (χ3v) is 0.465. The van der Waals surface area contributed by atoms with Crippen LogP contribution < -0.4 is 0 Å². The molecule has 0 aromatic rings. The molecule has 0 aromatic carbocycles. The van der Waals surface area contributed by atoms with Crippen LogP contribution in [0.2, 0.25) is 0 Å². The summed E-state index contributed by atoms with van der Waals surface area (Å²) in [6.07, 6.45) is 0. The second kappa shape index (κ2) is 25.2. The first-order valence-electron chi connectivity index (χ1n) is 1.24. The maximum absolute atomic E-state index is 4.85. The zero-order chi connectivity index (χ0) is 5.41. The minimum absolute atomic E-state index is 0. The molecule has 0 spiro atoms.